The Morgan fingerprint density at radius 2 is 1.94 bits per heavy atom. The largest absolute Gasteiger partial charge is 0.416 e. The summed E-state index contributed by atoms with van der Waals surface area (Å²) in [5.41, 5.74) is 9.42. The molecule has 34 heavy (non-hydrogen) atoms. The topological polar surface area (TPSA) is 76.5 Å². The predicted octanol–water partition coefficient (Wildman–Crippen LogP) is 5.02. The number of hydrogen-bond acceptors (Lipinski definition) is 4. The molecule has 2 aromatic carbocycles. The molecule has 1 unspecified atom stereocenters. The average molecular weight is 465 g/mol. The van der Waals surface area contributed by atoms with Crippen molar-refractivity contribution in [2.24, 2.45) is 5.92 Å². The van der Waals surface area contributed by atoms with Crippen LogP contribution in [-0.4, -0.2) is 31.7 Å². The van der Waals surface area contributed by atoms with Crippen LogP contribution in [0, 0.1) is 5.92 Å². The highest BCUT2D eigenvalue weighted by Crippen LogP contribution is 2.42. The standard InChI is InChI=1S/C25H22F3N5O/c26-25(27,28)17-5-6-18-15(9-17)4-8-20(18)32(12-14-1-2-14)24(34)16-3-7-19-21(10-16)33-13-30-11-22(33)23(29)31-19/h3,5-7,9-11,13-14,20H,1-2,4,8,12H2,(H2,29,31). The molecule has 0 radical (unpaired) electrons. The number of benzene rings is 2. The van der Waals surface area contributed by atoms with Gasteiger partial charge in [-0.05, 0) is 73.1 Å². The number of aromatic nitrogens is 3. The molecule has 4 aromatic rings. The quantitative estimate of drug-likeness (QED) is 0.459. The van der Waals surface area contributed by atoms with Crippen molar-refractivity contribution in [3.05, 3.63) is 71.2 Å². The van der Waals surface area contributed by atoms with Crippen molar-refractivity contribution in [3.8, 4) is 0 Å². The third-order valence-corrected chi connectivity index (χ3v) is 6.93. The smallest absolute Gasteiger partial charge is 0.382 e. The number of anilines is 1. The van der Waals surface area contributed by atoms with Crippen molar-refractivity contribution in [1.29, 1.82) is 0 Å². The Labute approximate surface area is 193 Å². The Morgan fingerprint density at radius 1 is 1.12 bits per heavy atom. The zero-order valence-corrected chi connectivity index (χ0v) is 18.2. The minimum Gasteiger partial charge on any atom is -0.382 e. The number of alkyl halides is 3. The van der Waals surface area contributed by atoms with Crippen molar-refractivity contribution in [2.45, 2.75) is 37.9 Å². The molecule has 2 aliphatic carbocycles. The van der Waals surface area contributed by atoms with Gasteiger partial charge in [0.25, 0.3) is 5.91 Å². The van der Waals surface area contributed by atoms with Crippen molar-refractivity contribution in [2.75, 3.05) is 12.3 Å². The molecule has 0 saturated heterocycles. The maximum absolute atomic E-state index is 13.8. The Kier molecular flexibility index (Phi) is 4.59. The third-order valence-electron chi connectivity index (χ3n) is 6.93. The minimum absolute atomic E-state index is 0.128. The van der Waals surface area contributed by atoms with Crippen LogP contribution in [0.25, 0.3) is 16.6 Å². The van der Waals surface area contributed by atoms with Crippen LogP contribution >= 0.6 is 0 Å². The van der Waals surface area contributed by atoms with E-state index in [-0.39, 0.29) is 11.9 Å². The van der Waals surface area contributed by atoms with E-state index in [1.165, 1.54) is 6.07 Å². The lowest BCUT2D eigenvalue weighted by molar-refractivity contribution is -0.137. The highest BCUT2D eigenvalue weighted by atomic mass is 19.4. The van der Waals surface area contributed by atoms with E-state index in [2.05, 4.69) is 9.97 Å². The SMILES string of the molecule is Nc1nc2ccc(C(=O)N(CC3CC3)C3CCc4cc(C(F)(F)F)ccc43)cc2n2cncc12. The summed E-state index contributed by atoms with van der Waals surface area (Å²) in [7, 11) is 0. The Balaban J connectivity index is 1.39. The fourth-order valence-corrected chi connectivity index (χ4v) is 5.00. The van der Waals surface area contributed by atoms with Gasteiger partial charge in [0.2, 0.25) is 0 Å². The summed E-state index contributed by atoms with van der Waals surface area (Å²) in [4.78, 5) is 24.2. The molecule has 6 rings (SSSR count). The Morgan fingerprint density at radius 3 is 2.71 bits per heavy atom. The first kappa shape index (κ1) is 20.9. The molecule has 2 heterocycles. The number of nitrogen functional groups attached to an aromatic ring is 1. The van der Waals surface area contributed by atoms with Crippen LogP contribution in [0.5, 0.6) is 0 Å². The van der Waals surface area contributed by atoms with Gasteiger partial charge in [-0.2, -0.15) is 13.2 Å². The molecule has 2 N–H and O–H groups in total. The molecule has 6 nitrogen and oxygen atoms in total. The monoisotopic (exact) mass is 465 g/mol. The second-order valence-electron chi connectivity index (χ2n) is 9.22. The van der Waals surface area contributed by atoms with Gasteiger partial charge in [0.1, 0.15) is 11.3 Å². The van der Waals surface area contributed by atoms with Gasteiger partial charge in [-0.3, -0.25) is 9.20 Å². The van der Waals surface area contributed by atoms with Crippen LogP contribution in [-0.2, 0) is 12.6 Å². The molecule has 2 aromatic heterocycles. The van der Waals surface area contributed by atoms with Crippen LogP contribution in [0.15, 0.2) is 48.9 Å². The summed E-state index contributed by atoms with van der Waals surface area (Å²) in [6, 6.07) is 8.97. The molecule has 1 atom stereocenters. The number of carbonyl (C=O) groups is 1. The molecule has 1 saturated carbocycles. The first-order chi connectivity index (χ1) is 16.3. The molecule has 2 aliphatic rings. The fourth-order valence-electron chi connectivity index (χ4n) is 5.00. The molecule has 174 valence electrons. The second kappa shape index (κ2) is 7.44. The van der Waals surface area contributed by atoms with Gasteiger partial charge in [-0.1, -0.05) is 6.07 Å². The van der Waals surface area contributed by atoms with Gasteiger partial charge < -0.3 is 10.6 Å². The first-order valence-electron chi connectivity index (χ1n) is 11.3. The van der Waals surface area contributed by atoms with E-state index in [1.54, 1.807) is 36.8 Å². The first-order valence-corrected chi connectivity index (χ1v) is 11.3. The van der Waals surface area contributed by atoms with Gasteiger partial charge >= 0.3 is 6.18 Å². The van der Waals surface area contributed by atoms with Crippen LogP contribution in [0.4, 0.5) is 19.0 Å². The zero-order chi connectivity index (χ0) is 23.6. The van der Waals surface area contributed by atoms with E-state index in [4.69, 9.17) is 5.73 Å². The summed E-state index contributed by atoms with van der Waals surface area (Å²) < 4.78 is 41.4. The van der Waals surface area contributed by atoms with E-state index < -0.39 is 11.7 Å². The number of nitrogens with two attached hydrogens (primary N) is 1. The lowest BCUT2D eigenvalue weighted by Gasteiger charge is -2.30. The van der Waals surface area contributed by atoms with E-state index in [1.807, 2.05) is 9.30 Å². The molecule has 1 amide bonds. The van der Waals surface area contributed by atoms with Crippen LogP contribution in [0.2, 0.25) is 0 Å². The average Bonchev–Trinajstić information content (AvgIpc) is 3.31. The van der Waals surface area contributed by atoms with E-state index in [0.717, 1.165) is 30.0 Å². The highest BCUT2D eigenvalue weighted by Gasteiger charge is 2.37. The summed E-state index contributed by atoms with van der Waals surface area (Å²) in [5, 5.41) is 0. The Hall–Kier alpha value is -3.62. The lowest BCUT2D eigenvalue weighted by atomic mass is 10.0. The van der Waals surface area contributed by atoms with Gasteiger partial charge in [-0.25, -0.2) is 9.97 Å². The summed E-state index contributed by atoms with van der Waals surface area (Å²) in [6.07, 6.45) is 2.15. The number of halogens is 3. The number of imidazole rings is 1. The van der Waals surface area contributed by atoms with Crippen molar-refractivity contribution in [1.82, 2.24) is 19.3 Å². The Bertz CT molecular complexity index is 1440. The molecule has 0 bridgehead atoms. The number of nitrogens with zero attached hydrogens (tertiary/aromatic N) is 4. The van der Waals surface area contributed by atoms with Crippen LogP contribution in [0.3, 0.4) is 0 Å². The molecule has 0 aliphatic heterocycles. The number of aryl methyl sites for hydroxylation is 1. The van der Waals surface area contributed by atoms with Gasteiger partial charge in [0.05, 0.1) is 35.2 Å². The fraction of sp³-hybridized carbons (Fsp3) is 0.320. The van der Waals surface area contributed by atoms with Gasteiger partial charge in [0.15, 0.2) is 0 Å². The number of fused-ring (bicyclic) bond motifs is 4. The number of rotatable bonds is 4. The molecular formula is C25H22F3N5O. The number of carbonyl (C=O) groups excluding carboxylic acids is 1. The maximum atomic E-state index is 13.8. The summed E-state index contributed by atoms with van der Waals surface area (Å²) in [5.74, 6) is 0.668. The molecular weight excluding hydrogens is 443 g/mol. The number of hydrogen-bond donors (Lipinski definition) is 1. The van der Waals surface area contributed by atoms with Gasteiger partial charge in [-0.15, -0.1) is 0 Å². The summed E-state index contributed by atoms with van der Waals surface area (Å²) in [6.45, 7) is 0.600. The summed E-state index contributed by atoms with van der Waals surface area (Å²) >= 11 is 0. The van der Waals surface area contributed by atoms with E-state index >= 15 is 0 Å². The number of amides is 1. The van der Waals surface area contributed by atoms with Crippen molar-refractivity contribution < 1.29 is 18.0 Å². The van der Waals surface area contributed by atoms with Crippen LogP contribution < -0.4 is 5.73 Å². The highest BCUT2D eigenvalue weighted by molar-refractivity contribution is 5.98. The minimum atomic E-state index is -4.38. The maximum Gasteiger partial charge on any atom is 0.416 e. The predicted molar refractivity (Wildman–Crippen MR) is 121 cm³/mol. The van der Waals surface area contributed by atoms with Crippen LogP contribution in [0.1, 0.15) is 52.4 Å². The second-order valence-corrected chi connectivity index (χ2v) is 9.22. The van der Waals surface area contributed by atoms with Gasteiger partial charge in [0, 0.05) is 12.1 Å². The molecule has 0 spiro atoms. The third kappa shape index (κ3) is 3.46. The lowest BCUT2D eigenvalue weighted by Crippen LogP contribution is -2.35. The van der Waals surface area contributed by atoms with E-state index in [0.29, 0.717) is 53.3 Å². The molecule has 1 fully saturated rings. The molecule has 9 heteroatoms. The zero-order valence-electron chi connectivity index (χ0n) is 18.2. The van der Waals surface area contributed by atoms with Crippen molar-refractivity contribution in [3.63, 3.8) is 0 Å². The van der Waals surface area contributed by atoms with Crippen molar-refractivity contribution >= 4 is 28.3 Å². The normalized spacial score (nSPS) is 17.9. The van der Waals surface area contributed by atoms with E-state index in [9.17, 15) is 18.0 Å².